The molecule has 1 saturated heterocycles. The molecule has 3 rings (SSSR count). The van der Waals surface area contributed by atoms with E-state index >= 15 is 0 Å². The van der Waals surface area contributed by atoms with Crippen LogP contribution >= 0.6 is 0 Å². The zero-order valence-electron chi connectivity index (χ0n) is 15.4. The standard InChI is InChI=1S/C19H20F2N2O4S/c1-12-10-23(11-13(2)27-12)28(25,26)16-5-3-4-14(8-16)19(24)22-18-9-15(20)6-7-17(18)21/h3-9,12-13H,10-11H2,1-2H3,(H,22,24)/t12-,13-/m1/s1. The summed E-state index contributed by atoms with van der Waals surface area (Å²) in [5, 5.41) is 2.26. The molecule has 0 radical (unpaired) electrons. The van der Waals surface area contributed by atoms with Gasteiger partial charge in [0.2, 0.25) is 10.0 Å². The van der Waals surface area contributed by atoms with E-state index in [9.17, 15) is 22.0 Å². The fourth-order valence-corrected chi connectivity index (χ4v) is 4.70. The number of benzene rings is 2. The topological polar surface area (TPSA) is 75.7 Å². The Bertz CT molecular complexity index is 987. The van der Waals surface area contributed by atoms with E-state index in [0.29, 0.717) is 0 Å². The Balaban J connectivity index is 1.85. The number of amides is 1. The van der Waals surface area contributed by atoms with Crippen LogP contribution in [-0.2, 0) is 14.8 Å². The summed E-state index contributed by atoms with van der Waals surface area (Å²) in [6.45, 7) is 3.99. The molecule has 1 N–H and O–H groups in total. The van der Waals surface area contributed by atoms with E-state index in [0.717, 1.165) is 18.2 Å². The highest BCUT2D eigenvalue weighted by atomic mass is 32.2. The molecule has 9 heteroatoms. The molecule has 2 aromatic carbocycles. The number of carbonyl (C=O) groups excluding carboxylic acids is 1. The summed E-state index contributed by atoms with van der Waals surface area (Å²) in [5.41, 5.74) is -0.312. The van der Waals surface area contributed by atoms with Gasteiger partial charge in [-0.1, -0.05) is 6.07 Å². The quantitative estimate of drug-likeness (QED) is 0.841. The molecule has 1 aliphatic heterocycles. The molecule has 0 bridgehead atoms. The third kappa shape index (κ3) is 4.37. The van der Waals surface area contributed by atoms with Crippen molar-refractivity contribution >= 4 is 21.6 Å². The summed E-state index contributed by atoms with van der Waals surface area (Å²) in [6.07, 6.45) is -0.498. The van der Waals surface area contributed by atoms with Crippen LogP contribution in [0.25, 0.3) is 0 Å². The largest absolute Gasteiger partial charge is 0.373 e. The monoisotopic (exact) mass is 410 g/mol. The maximum Gasteiger partial charge on any atom is 0.255 e. The summed E-state index contributed by atoms with van der Waals surface area (Å²) in [7, 11) is -3.83. The number of halogens is 2. The van der Waals surface area contributed by atoms with Crippen LogP contribution in [0.2, 0.25) is 0 Å². The molecule has 1 fully saturated rings. The lowest BCUT2D eigenvalue weighted by atomic mass is 10.2. The van der Waals surface area contributed by atoms with Crippen molar-refractivity contribution in [3.8, 4) is 0 Å². The Hall–Kier alpha value is -2.36. The second-order valence-electron chi connectivity index (χ2n) is 6.69. The molecule has 28 heavy (non-hydrogen) atoms. The van der Waals surface area contributed by atoms with Gasteiger partial charge in [-0.15, -0.1) is 0 Å². The second-order valence-corrected chi connectivity index (χ2v) is 8.62. The van der Waals surface area contributed by atoms with E-state index in [-0.39, 0.29) is 41.4 Å². The number of carbonyl (C=O) groups is 1. The number of sulfonamides is 1. The van der Waals surface area contributed by atoms with Gasteiger partial charge in [-0.2, -0.15) is 4.31 Å². The normalized spacial score (nSPS) is 20.7. The Morgan fingerprint density at radius 2 is 1.79 bits per heavy atom. The Labute approximate surface area is 162 Å². The molecule has 2 aromatic rings. The Morgan fingerprint density at radius 1 is 1.11 bits per heavy atom. The zero-order valence-corrected chi connectivity index (χ0v) is 16.2. The van der Waals surface area contributed by atoms with Crippen molar-refractivity contribution < 1.29 is 26.7 Å². The first-order valence-corrected chi connectivity index (χ1v) is 10.1. The van der Waals surface area contributed by atoms with Crippen LogP contribution in [0.3, 0.4) is 0 Å². The van der Waals surface area contributed by atoms with E-state index in [4.69, 9.17) is 4.74 Å². The summed E-state index contributed by atoms with van der Waals surface area (Å²) in [4.78, 5) is 12.4. The molecule has 0 aliphatic carbocycles. The van der Waals surface area contributed by atoms with Gasteiger partial charge in [0, 0.05) is 24.7 Å². The van der Waals surface area contributed by atoms with Crippen LogP contribution in [0.15, 0.2) is 47.4 Å². The summed E-state index contributed by atoms with van der Waals surface area (Å²) in [6, 6.07) is 8.11. The predicted molar refractivity (Wildman–Crippen MR) is 99.5 cm³/mol. The van der Waals surface area contributed by atoms with Crippen molar-refractivity contribution in [2.45, 2.75) is 31.0 Å². The lowest BCUT2D eigenvalue weighted by Crippen LogP contribution is -2.48. The van der Waals surface area contributed by atoms with E-state index < -0.39 is 27.6 Å². The van der Waals surface area contributed by atoms with Crippen LogP contribution < -0.4 is 5.32 Å². The first kappa shape index (κ1) is 20.4. The number of hydrogen-bond donors (Lipinski definition) is 1. The van der Waals surface area contributed by atoms with Gasteiger partial charge in [0.15, 0.2) is 0 Å². The van der Waals surface area contributed by atoms with Crippen LogP contribution in [0, 0.1) is 11.6 Å². The molecule has 0 spiro atoms. The number of morpholine rings is 1. The van der Waals surface area contributed by atoms with Gasteiger partial charge in [-0.3, -0.25) is 4.79 Å². The summed E-state index contributed by atoms with van der Waals surface area (Å²) >= 11 is 0. The molecule has 150 valence electrons. The van der Waals surface area contributed by atoms with Gasteiger partial charge in [0.1, 0.15) is 11.6 Å². The number of ether oxygens (including phenoxy) is 1. The van der Waals surface area contributed by atoms with Crippen molar-refractivity contribution in [3.63, 3.8) is 0 Å². The van der Waals surface area contributed by atoms with E-state index in [1.54, 1.807) is 13.8 Å². The van der Waals surface area contributed by atoms with Gasteiger partial charge < -0.3 is 10.1 Å². The molecular weight excluding hydrogens is 390 g/mol. The van der Waals surface area contributed by atoms with Gasteiger partial charge in [-0.05, 0) is 44.2 Å². The Morgan fingerprint density at radius 3 is 2.46 bits per heavy atom. The molecule has 2 atom stereocenters. The molecule has 1 heterocycles. The summed E-state index contributed by atoms with van der Waals surface area (Å²) < 4.78 is 59.8. The fourth-order valence-electron chi connectivity index (χ4n) is 3.06. The number of nitrogens with zero attached hydrogens (tertiary/aromatic N) is 1. The minimum absolute atomic E-state index is 0.0130. The molecule has 0 unspecified atom stereocenters. The van der Waals surface area contributed by atoms with Gasteiger partial charge in [0.05, 0.1) is 22.8 Å². The molecule has 0 aromatic heterocycles. The fraction of sp³-hybridized carbons (Fsp3) is 0.316. The Kier molecular flexibility index (Phi) is 5.78. The minimum atomic E-state index is -3.83. The van der Waals surface area contributed by atoms with Crippen LogP contribution in [0.1, 0.15) is 24.2 Å². The maximum atomic E-state index is 13.7. The molecule has 6 nitrogen and oxygen atoms in total. The van der Waals surface area contributed by atoms with Crippen molar-refractivity contribution in [2.24, 2.45) is 0 Å². The van der Waals surface area contributed by atoms with E-state index in [2.05, 4.69) is 5.32 Å². The lowest BCUT2D eigenvalue weighted by Gasteiger charge is -2.34. The molecule has 1 amide bonds. The van der Waals surface area contributed by atoms with Crippen molar-refractivity contribution in [2.75, 3.05) is 18.4 Å². The van der Waals surface area contributed by atoms with E-state index in [1.165, 1.54) is 28.6 Å². The van der Waals surface area contributed by atoms with Crippen LogP contribution in [0.5, 0.6) is 0 Å². The first-order chi connectivity index (χ1) is 13.2. The third-order valence-electron chi connectivity index (χ3n) is 4.30. The zero-order chi connectivity index (χ0) is 20.5. The molecule has 1 aliphatic rings. The third-order valence-corrected chi connectivity index (χ3v) is 6.12. The number of nitrogens with one attached hydrogen (secondary N) is 1. The predicted octanol–water partition coefficient (Wildman–Crippen LogP) is 3.02. The van der Waals surface area contributed by atoms with Gasteiger partial charge in [-0.25, -0.2) is 17.2 Å². The average Bonchev–Trinajstić information content (AvgIpc) is 2.64. The highest BCUT2D eigenvalue weighted by Crippen LogP contribution is 2.23. The maximum absolute atomic E-state index is 13.7. The highest BCUT2D eigenvalue weighted by Gasteiger charge is 2.32. The van der Waals surface area contributed by atoms with Gasteiger partial charge >= 0.3 is 0 Å². The molecular formula is C19H20F2N2O4S. The van der Waals surface area contributed by atoms with Crippen molar-refractivity contribution in [1.29, 1.82) is 0 Å². The summed E-state index contributed by atoms with van der Waals surface area (Å²) in [5.74, 6) is -2.25. The second kappa shape index (κ2) is 7.94. The van der Waals surface area contributed by atoms with Crippen molar-refractivity contribution in [1.82, 2.24) is 4.31 Å². The number of rotatable bonds is 4. The number of hydrogen-bond acceptors (Lipinski definition) is 4. The van der Waals surface area contributed by atoms with E-state index in [1.807, 2.05) is 0 Å². The van der Waals surface area contributed by atoms with Crippen molar-refractivity contribution in [3.05, 3.63) is 59.7 Å². The number of anilines is 1. The first-order valence-electron chi connectivity index (χ1n) is 8.69. The smallest absolute Gasteiger partial charge is 0.255 e. The van der Waals surface area contributed by atoms with Crippen LogP contribution in [-0.4, -0.2) is 43.9 Å². The average molecular weight is 410 g/mol. The molecule has 0 saturated carbocycles. The van der Waals surface area contributed by atoms with Gasteiger partial charge in [0.25, 0.3) is 5.91 Å². The minimum Gasteiger partial charge on any atom is -0.373 e. The highest BCUT2D eigenvalue weighted by molar-refractivity contribution is 7.89. The SMILES string of the molecule is C[C@@H]1CN(S(=O)(=O)c2cccc(C(=O)Nc3cc(F)ccc3F)c2)C[C@@H](C)O1. The lowest BCUT2D eigenvalue weighted by molar-refractivity contribution is -0.0440. The van der Waals surface area contributed by atoms with Crippen LogP contribution in [0.4, 0.5) is 14.5 Å².